The van der Waals surface area contributed by atoms with E-state index in [0.717, 1.165) is 50.5 Å². The average Bonchev–Trinajstić information content (AvgIpc) is 2.78. The highest BCUT2D eigenvalue weighted by Crippen LogP contribution is 2.14. The van der Waals surface area contributed by atoms with Crippen LogP contribution < -0.4 is 4.74 Å². The van der Waals surface area contributed by atoms with Crippen molar-refractivity contribution in [3.63, 3.8) is 0 Å². The molecule has 0 aliphatic carbocycles. The van der Waals surface area contributed by atoms with E-state index < -0.39 is 0 Å². The first-order valence-corrected chi connectivity index (χ1v) is 10.4. The number of carbonyl (C=O) groups excluding carboxylic acids is 2. The van der Waals surface area contributed by atoms with Gasteiger partial charge in [0.15, 0.2) is 5.78 Å². The molecule has 0 aromatic heterocycles. The minimum absolute atomic E-state index is 0.112. The fourth-order valence-electron chi connectivity index (χ4n) is 3.66. The number of hydrogen-bond acceptors (Lipinski definition) is 4. The number of Topliss-reactive ketones (excluding diaryl/α,β-unsaturated/α-hetero) is 1. The summed E-state index contributed by atoms with van der Waals surface area (Å²) in [4.78, 5) is 28.9. The van der Waals surface area contributed by atoms with Crippen LogP contribution in [0.15, 0.2) is 54.6 Å². The van der Waals surface area contributed by atoms with Crippen LogP contribution in [0.3, 0.4) is 0 Å². The molecule has 0 N–H and O–H groups in total. The topological polar surface area (TPSA) is 49.9 Å². The van der Waals surface area contributed by atoms with E-state index in [0.29, 0.717) is 19.3 Å². The van der Waals surface area contributed by atoms with Gasteiger partial charge in [-0.3, -0.25) is 14.5 Å². The lowest BCUT2D eigenvalue weighted by Crippen LogP contribution is -2.49. The summed E-state index contributed by atoms with van der Waals surface area (Å²) in [6.45, 7) is 4.32. The van der Waals surface area contributed by atoms with Crippen LogP contribution in [0.4, 0.5) is 0 Å². The molecule has 0 atom stereocenters. The Kier molecular flexibility index (Phi) is 7.82. The summed E-state index contributed by atoms with van der Waals surface area (Å²) in [6.07, 6.45) is 2.47. The second-order valence-corrected chi connectivity index (χ2v) is 7.47. The lowest BCUT2D eigenvalue weighted by atomic mass is 10.1. The van der Waals surface area contributed by atoms with Crippen LogP contribution in [-0.4, -0.2) is 61.3 Å². The molecule has 0 radical (unpaired) electrons. The third kappa shape index (κ3) is 6.43. The van der Waals surface area contributed by atoms with Crippen LogP contribution in [0.1, 0.15) is 35.2 Å². The number of nitrogens with zero attached hydrogens (tertiary/aromatic N) is 2. The summed E-state index contributed by atoms with van der Waals surface area (Å²) in [7, 11) is 1.69. The molecular weight excluding hydrogens is 364 g/mol. The predicted molar refractivity (Wildman–Crippen MR) is 114 cm³/mol. The Balaban J connectivity index is 1.34. The predicted octanol–water partition coefficient (Wildman–Crippen LogP) is 3.44. The molecule has 2 aromatic rings. The minimum atomic E-state index is 0.112. The molecule has 1 fully saturated rings. The summed E-state index contributed by atoms with van der Waals surface area (Å²) >= 11 is 0. The van der Waals surface area contributed by atoms with Gasteiger partial charge in [0.1, 0.15) is 5.75 Å². The number of rotatable bonds is 9. The van der Waals surface area contributed by atoms with Gasteiger partial charge in [0, 0.05) is 51.1 Å². The number of hydrogen-bond donors (Lipinski definition) is 0. The number of piperazine rings is 1. The molecule has 5 heteroatoms. The van der Waals surface area contributed by atoms with E-state index in [1.807, 2.05) is 47.4 Å². The number of amides is 1. The zero-order chi connectivity index (χ0) is 20.5. The molecule has 1 aliphatic rings. The Bertz CT molecular complexity index is 799. The van der Waals surface area contributed by atoms with Crippen LogP contribution in [0.5, 0.6) is 5.75 Å². The summed E-state index contributed by atoms with van der Waals surface area (Å²) in [6, 6.07) is 17.5. The summed E-state index contributed by atoms with van der Waals surface area (Å²) in [5, 5.41) is 0. The van der Waals surface area contributed by atoms with Crippen molar-refractivity contribution in [3.8, 4) is 5.75 Å². The zero-order valence-electron chi connectivity index (χ0n) is 17.2. The zero-order valence-corrected chi connectivity index (χ0v) is 17.2. The van der Waals surface area contributed by atoms with Crippen molar-refractivity contribution in [2.75, 3.05) is 39.8 Å². The first-order valence-electron chi connectivity index (χ1n) is 10.4. The second-order valence-electron chi connectivity index (χ2n) is 7.47. The maximum absolute atomic E-state index is 12.5. The smallest absolute Gasteiger partial charge is 0.222 e. The molecule has 2 aromatic carbocycles. The lowest BCUT2D eigenvalue weighted by molar-refractivity contribution is -0.133. The summed E-state index contributed by atoms with van der Waals surface area (Å²) < 4.78 is 5.28. The van der Waals surface area contributed by atoms with Crippen molar-refractivity contribution in [2.45, 2.75) is 25.7 Å². The Morgan fingerprint density at radius 1 is 0.931 bits per heavy atom. The number of ketones is 1. The maximum Gasteiger partial charge on any atom is 0.222 e. The summed E-state index contributed by atoms with van der Waals surface area (Å²) in [5.74, 6) is 1.17. The van der Waals surface area contributed by atoms with Crippen LogP contribution >= 0.6 is 0 Å². The van der Waals surface area contributed by atoms with Crippen LogP contribution in [0, 0.1) is 0 Å². The molecule has 1 amide bonds. The van der Waals surface area contributed by atoms with Crippen molar-refractivity contribution < 1.29 is 14.3 Å². The molecule has 0 unspecified atom stereocenters. The van der Waals surface area contributed by atoms with Gasteiger partial charge in [0.25, 0.3) is 0 Å². The van der Waals surface area contributed by atoms with E-state index in [2.05, 4.69) is 17.0 Å². The molecule has 154 valence electrons. The molecular formula is C24H30N2O3. The van der Waals surface area contributed by atoms with Gasteiger partial charge < -0.3 is 9.64 Å². The third-order valence-electron chi connectivity index (χ3n) is 5.47. The molecule has 0 saturated carbocycles. The van der Waals surface area contributed by atoms with Crippen molar-refractivity contribution in [3.05, 3.63) is 65.7 Å². The monoisotopic (exact) mass is 394 g/mol. The van der Waals surface area contributed by atoms with Gasteiger partial charge in [-0.15, -0.1) is 0 Å². The molecule has 1 aliphatic heterocycles. The van der Waals surface area contributed by atoms with Gasteiger partial charge in [-0.2, -0.15) is 0 Å². The van der Waals surface area contributed by atoms with E-state index >= 15 is 0 Å². The fourth-order valence-corrected chi connectivity index (χ4v) is 3.66. The third-order valence-corrected chi connectivity index (χ3v) is 5.47. The summed E-state index contributed by atoms with van der Waals surface area (Å²) in [5.41, 5.74) is 2.00. The largest absolute Gasteiger partial charge is 0.497 e. The number of methoxy groups -OCH3 is 1. The molecule has 1 saturated heterocycles. The minimum Gasteiger partial charge on any atom is -0.497 e. The molecule has 1 heterocycles. The lowest BCUT2D eigenvalue weighted by Gasteiger charge is -2.34. The molecule has 3 rings (SSSR count). The van der Waals surface area contributed by atoms with Gasteiger partial charge in [-0.1, -0.05) is 42.5 Å². The van der Waals surface area contributed by atoms with E-state index in [4.69, 9.17) is 4.74 Å². The number of ether oxygens (including phenoxy) is 1. The van der Waals surface area contributed by atoms with E-state index in [-0.39, 0.29) is 11.7 Å². The van der Waals surface area contributed by atoms with Crippen LogP contribution in [0.2, 0.25) is 0 Å². The normalized spacial score (nSPS) is 14.6. The molecule has 29 heavy (non-hydrogen) atoms. The Labute approximate surface area is 173 Å². The standard InChI is InChI=1S/C24H30N2O3/c1-29-22-10-5-7-20(19-22)13-14-25-15-17-26(18-16-25)24(28)12-6-11-23(27)21-8-3-2-4-9-21/h2-5,7-10,19H,6,11-18H2,1H3. The first kappa shape index (κ1) is 21.1. The van der Waals surface area contributed by atoms with Gasteiger partial charge in [-0.05, 0) is 30.5 Å². The maximum atomic E-state index is 12.5. The van der Waals surface area contributed by atoms with Crippen molar-refractivity contribution >= 4 is 11.7 Å². The Morgan fingerprint density at radius 2 is 1.69 bits per heavy atom. The first-order chi connectivity index (χ1) is 14.2. The van der Waals surface area contributed by atoms with Crippen molar-refractivity contribution in [1.82, 2.24) is 9.80 Å². The number of carbonyl (C=O) groups is 2. The van der Waals surface area contributed by atoms with Gasteiger partial charge in [0.05, 0.1) is 7.11 Å². The van der Waals surface area contributed by atoms with E-state index in [1.165, 1.54) is 5.56 Å². The van der Waals surface area contributed by atoms with E-state index in [1.54, 1.807) is 7.11 Å². The van der Waals surface area contributed by atoms with Crippen molar-refractivity contribution in [2.24, 2.45) is 0 Å². The Morgan fingerprint density at radius 3 is 2.41 bits per heavy atom. The highest BCUT2D eigenvalue weighted by atomic mass is 16.5. The van der Waals surface area contributed by atoms with Crippen LogP contribution in [0.25, 0.3) is 0 Å². The molecule has 5 nitrogen and oxygen atoms in total. The SMILES string of the molecule is COc1cccc(CCN2CCN(C(=O)CCCC(=O)c3ccccc3)CC2)c1. The molecule has 0 bridgehead atoms. The van der Waals surface area contributed by atoms with Gasteiger partial charge >= 0.3 is 0 Å². The van der Waals surface area contributed by atoms with Crippen LogP contribution in [-0.2, 0) is 11.2 Å². The highest BCUT2D eigenvalue weighted by Gasteiger charge is 2.20. The molecule has 0 spiro atoms. The van der Waals surface area contributed by atoms with Crippen molar-refractivity contribution in [1.29, 1.82) is 0 Å². The Hall–Kier alpha value is -2.66. The quantitative estimate of drug-likeness (QED) is 0.612. The fraction of sp³-hybridized carbons (Fsp3) is 0.417. The second kappa shape index (κ2) is 10.8. The van der Waals surface area contributed by atoms with Gasteiger partial charge in [-0.25, -0.2) is 0 Å². The van der Waals surface area contributed by atoms with E-state index in [9.17, 15) is 9.59 Å². The van der Waals surface area contributed by atoms with Gasteiger partial charge in [0.2, 0.25) is 5.91 Å². The highest BCUT2D eigenvalue weighted by molar-refractivity contribution is 5.96. The average molecular weight is 395 g/mol. The number of benzene rings is 2.